The number of carboxylic acid groups (broad SMARTS) is 1. The molecule has 1 atom stereocenters. The van der Waals surface area contributed by atoms with Crippen LogP contribution in [0.4, 0.5) is 4.79 Å². The van der Waals surface area contributed by atoms with E-state index in [1.54, 1.807) is 7.11 Å². The van der Waals surface area contributed by atoms with Crippen LogP contribution >= 0.6 is 0 Å². The van der Waals surface area contributed by atoms with Gasteiger partial charge in [-0.3, -0.25) is 4.79 Å². The van der Waals surface area contributed by atoms with Gasteiger partial charge in [0.25, 0.3) is 0 Å². The summed E-state index contributed by atoms with van der Waals surface area (Å²) in [5.41, 5.74) is 0. The van der Waals surface area contributed by atoms with Crippen molar-refractivity contribution in [3.05, 3.63) is 0 Å². The first-order valence-electron chi connectivity index (χ1n) is 5.35. The van der Waals surface area contributed by atoms with Gasteiger partial charge in [0.15, 0.2) is 0 Å². The highest BCUT2D eigenvalue weighted by molar-refractivity contribution is 5.79. The van der Waals surface area contributed by atoms with E-state index in [-0.39, 0.29) is 12.1 Å². The highest BCUT2D eigenvalue weighted by Gasteiger charge is 2.35. The second-order valence-electron chi connectivity index (χ2n) is 3.95. The van der Waals surface area contributed by atoms with Crippen LogP contribution in [-0.4, -0.2) is 54.9 Å². The molecule has 1 fully saturated rings. The predicted molar refractivity (Wildman–Crippen MR) is 57.2 cm³/mol. The number of urea groups is 1. The van der Waals surface area contributed by atoms with Crippen LogP contribution < -0.4 is 5.32 Å². The van der Waals surface area contributed by atoms with Gasteiger partial charge in [-0.1, -0.05) is 6.92 Å². The fraction of sp³-hybridized carbons (Fsp3) is 0.800. The van der Waals surface area contributed by atoms with Gasteiger partial charge in [-0.05, 0) is 6.42 Å². The Morgan fingerprint density at radius 2 is 2.19 bits per heavy atom. The summed E-state index contributed by atoms with van der Waals surface area (Å²) in [5.74, 6) is -1.25. The minimum Gasteiger partial charge on any atom is -0.481 e. The Kier molecular flexibility index (Phi) is 4.54. The first kappa shape index (κ1) is 12.8. The van der Waals surface area contributed by atoms with Gasteiger partial charge >= 0.3 is 12.0 Å². The number of amides is 2. The average molecular weight is 230 g/mol. The topological polar surface area (TPSA) is 78.9 Å². The Hall–Kier alpha value is -1.30. The molecular weight excluding hydrogens is 212 g/mol. The van der Waals surface area contributed by atoms with Crippen molar-refractivity contribution in [3.8, 4) is 0 Å². The molecule has 2 N–H and O–H groups in total. The second kappa shape index (κ2) is 5.69. The van der Waals surface area contributed by atoms with Crippen molar-refractivity contribution in [2.24, 2.45) is 5.92 Å². The standard InChI is InChI=1S/C10H18N2O4/c1-3-8(6-16-2)11-10(15)12-4-7(5-12)9(13)14/h7-8H,3-6H2,1-2H3,(H,11,15)(H,13,14). The van der Waals surface area contributed by atoms with Crippen LogP contribution in [-0.2, 0) is 9.53 Å². The normalized spacial score (nSPS) is 17.8. The van der Waals surface area contributed by atoms with Crippen LogP contribution in [0, 0.1) is 5.92 Å². The molecule has 0 radical (unpaired) electrons. The monoisotopic (exact) mass is 230 g/mol. The van der Waals surface area contributed by atoms with Gasteiger partial charge in [-0.15, -0.1) is 0 Å². The maximum absolute atomic E-state index is 11.6. The van der Waals surface area contributed by atoms with Crippen LogP contribution in [0.3, 0.4) is 0 Å². The SMILES string of the molecule is CCC(COC)NC(=O)N1CC(C(=O)O)C1. The number of nitrogens with zero attached hydrogens (tertiary/aromatic N) is 1. The lowest BCUT2D eigenvalue weighted by molar-refractivity contribution is -0.146. The summed E-state index contributed by atoms with van der Waals surface area (Å²) in [7, 11) is 1.58. The molecule has 1 aliphatic heterocycles. The summed E-state index contributed by atoms with van der Waals surface area (Å²) < 4.78 is 4.96. The summed E-state index contributed by atoms with van der Waals surface area (Å²) in [6, 6.07) is -0.220. The first-order chi connectivity index (χ1) is 7.58. The number of carboxylic acids is 1. The predicted octanol–water partition coefficient (Wildman–Crippen LogP) is 0.137. The van der Waals surface area contributed by atoms with Crippen molar-refractivity contribution >= 4 is 12.0 Å². The Balaban J connectivity index is 2.29. The number of ether oxygens (including phenoxy) is 1. The number of likely N-dealkylation sites (tertiary alicyclic amines) is 1. The van der Waals surface area contributed by atoms with Crippen LogP contribution in [0.1, 0.15) is 13.3 Å². The maximum atomic E-state index is 11.6. The molecule has 16 heavy (non-hydrogen) atoms. The van der Waals surface area contributed by atoms with Crippen LogP contribution in [0.2, 0.25) is 0 Å². The zero-order valence-electron chi connectivity index (χ0n) is 9.60. The second-order valence-corrected chi connectivity index (χ2v) is 3.95. The van der Waals surface area contributed by atoms with E-state index in [0.29, 0.717) is 19.7 Å². The van der Waals surface area contributed by atoms with Crippen molar-refractivity contribution in [1.29, 1.82) is 0 Å². The number of hydrogen-bond acceptors (Lipinski definition) is 3. The fourth-order valence-corrected chi connectivity index (χ4v) is 1.53. The maximum Gasteiger partial charge on any atom is 0.317 e. The minimum absolute atomic E-state index is 0.0126. The van der Waals surface area contributed by atoms with E-state index in [1.807, 2.05) is 6.92 Å². The molecule has 92 valence electrons. The van der Waals surface area contributed by atoms with Crippen LogP contribution in [0.5, 0.6) is 0 Å². The van der Waals surface area contributed by atoms with Gasteiger partial charge in [0.1, 0.15) is 0 Å². The molecule has 1 saturated heterocycles. The molecule has 0 aromatic carbocycles. The van der Waals surface area contributed by atoms with E-state index in [2.05, 4.69) is 5.32 Å². The zero-order chi connectivity index (χ0) is 12.1. The van der Waals surface area contributed by atoms with E-state index < -0.39 is 11.9 Å². The lowest BCUT2D eigenvalue weighted by Gasteiger charge is -2.37. The van der Waals surface area contributed by atoms with E-state index >= 15 is 0 Å². The number of carbonyl (C=O) groups is 2. The molecule has 1 aliphatic rings. The zero-order valence-corrected chi connectivity index (χ0v) is 9.60. The van der Waals surface area contributed by atoms with Gasteiger partial charge in [0.2, 0.25) is 0 Å². The van der Waals surface area contributed by atoms with Gasteiger partial charge in [-0.2, -0.15) is 0 Å². The molecule has 1 heterocycles. The highest BCUT2D eigenvalue weighted by atomic mass is 16.5. The largest absolute Gasteiger partial charge is 0.481 e. The molecule has 1 unspecified atom stereocenters. The number of aliphatic carboxylic acids is 1. The van der Waals surface area contributed by atoms with Crippen molar-refractivity contribution in [3.63, 3.8) is 0 Å². The lowest BCUT2D eigenvalue weighted by Crippen LogP contribution is -2.57. The smallest absolute Gasteiger partial charge is 0.317 e. The lowest BCUT2D eigenvalue weighted by atomic mass is 10.0. The number of rotatable bonds is 5. The third kappa shape index (κ3) is 3.10. The van der Waals surface area contributed by atoms with Gasteiger partial charge in [0, 0.05) is 20.2 Å². The first-order valence-corrected chi connectivity index (χ1v) is 5.35. The van der Waals surface area contributed by atoms with Gasteiger partial charge in [0.05, 0.1) is 18.6 Å². The Morgan fingerprint density at radius 1 is 1.56 bits per heavy atom. The van der Waals surface area contributed by atoms with E-state index in [1.165, 1.54) is 4.90 Å². The summed E-state index contributed by atoms with van der Waals surface area (Å²) in [5, 5.41) is 11.5. The number of hydrogen-bond donors (Lipinski definition) is 2. The Bertz CT molecular complexity index is 264. The molecule has 2 amide bonds. The molecule has 0 saturated carbocycles. The minimum atomic E-state index is -0.840. The number of nitrogens with one attached hydrogen (secondary N) is 1. The number of methoxy groups -OCH3 is 1. The summed E-state index contributed by atoms with van der Waals surface area (Å²) >= 11 is 0. The number of carbonyl (C=O) groups excluding carboxylic acids is 1. The fourth-order valence-electron chi connectivity index (χ4n) is 1.53. The van der Waals surface area contributed by atoms with Gasteiger partial charge < -0.3 is 20.1 Å². The molecule has 0 spiro atoms. The molecule has 6 heteroatoms. The molecule has 1 rings (SSSR count). The highest BCUT2D eigenvalue weighted by Crippen LogP contribution is 2.15. The van der Waals surface area contributed by atoms with Gasteiger partial charge in [-0.25, -0.2) is 4.79 Å². The van der Waals surface area contributed by atoms with Crippen molar-refractivity contribution in [1.82, 2.24) is 10.2 Å². The molecule has 6 nitrogen and oxygen atoms in total. The average Bonchev–Trinajstić information content (AvgIpc) is 2.13. The van der Waals surface area contributed by atoms with E-state index in [0.717, 1.165) is 6.42 Å². The molecular formula is C10H18N2O4. The summed E-state index contributed by atoms with van der Waals surface area (Å²) in [6.07, 6.45) is 0.787. The molecule has 0 bridgehead atoms. The molecule has 0 aromatic rings. The Labute approximate surface area is 94.6 Å². The van der Waals surface area contributed by atoms with E-state index in [9.17, 15) is 9.59 Å². The third-order valence-electron chi connectivity index (χ3n) is 2.71. The molecule has 0 aromatic heterocycles. The van der Waals surface area contributed by atoms with Crippen molar-refractivity contribution in [2.75, 3.05) is 26.8 Å². The summed E-state index contributed by atoms with van der Waals surface area (Å²) in [6.45, 7) is 3.02. The van der Waals surface area contributed by atoms with Crippen molar-refractivity contribution < 1.29 is 19.4 Å². The summed E-state index contributed by atoms with van der Waals surface area (Å²) in [4.78, 5) is 23.7. The quantitative estimate of drug-likeness (QED) is 0.704. The van der Waals surface area contributed by atoms with Crippen molar-refractivity contribution in [2.45, 2.75) is 19.4 Å². The van der Waals surface area contributed by atoms with Crippen LogP contribution in [0.25, 0.3) is 0 Å². The van der Waals surface area contributed by atoms with Crippen LogP contribution in [0.15, 0.2) is 0 Å². The van der Waals surface area contributed by atoms with E-state index in [4.69, 9.17) is 9.84 Å². The molecule has 0 aliphatic carbocycles. The third-order valence-corrected chi connectivity index (χ3v) is 2.71. The Morgan fingerprint density at radius 3 is 2.62 bits per heavy atom.